The van der Waals surface area contributed by atoms with Crippen molar-refractivity contribution in [1.82, 2.24) is 4.98 Å². The molecule has 0 fully saturated rings. The van der Waals surface area contributed by atoms with E-state index in [0.717, 1.165) is 0 Å². The molecule has 0 aliphatic heterocycles. The molecular weight excluding hydrogens is 248 g/mol. The molecule has 0 aliphatic carbocycles. The van der Waals surface area contributed by atoms with Gasteiger partial charge in [0.25, 0.3) is 0 Å². The molecule has 2 aromatic rings. The summed E-state index contributed by atoms with van der Waals surface area (Å²) >= 11 is 0. The lowest BCUT2D eigenvalue weighted by atomic mass is 10.2. The summed E-state index contributed by atoms with van der Waals surface area (Å²) in [5.74, 6) is -0.0720. The van der Waals surface area contributed by atoms with Crippen molar-refractivity contribution in [1.29, 1.82) is 0 Å². The van der Waals surface area contributed by atoms with Crippen molar-refractivity contribution in [2.75, 3.05) is 0 Å². The van der Waals surface area contributed by atoms with Gasteiger partial charge >= 0.3 is 0 Å². The molecule has 1 aromatic heterocycles. The number of benzene rings is 1. The zero-order valence-corrected chi connectivity index (χ0v) is 10.6. The normalized spacial score (nSPS) is 11.4. The molecule has 5 heteroatoms. The average Bonchev–Trinajstić information content (AvgIpc) is 2.40. The van der Waals surface area contributed by atoms with Crippen LogP contribution in [0.15, 0.2) is 53.6 Å². The van der Waals surface area contributed by atoms with Crippen molar-refractivity contribution in [3.8, 4) is 0 Å². The summed E-state index contributed by atoms with van der Waals surface area (Å²) in [6, 6.07) is 11.8. The standard InChI is InChI=1S/C13H14N2O2S/c14-9-13-11(5-4-8-15-13)10-18(16,17)12-6-2-1-3-7-12/h1-8H,9-10,14H2. The lowest BCUT2D eigenvalue weighted by Gasteiger charge is -2.07. The third kappa shape index (κ3) is 2.75. The minimum atomic E-state index is -3.34. The first-order valence-corrected chi connectivity index (χ1v) is 7.19. The predicted octanol–water partition coefficient (Wildman–Crippen LogP) is 1.51. The van der Waals surface area contributed by atoms with Crippen LogP contribution >= 0.6 is 0 Å². The van der Waals surface area contributed by atoms with Crippen molar-refractivity contribution in [2.24, 2.45) is 5.73 Å². The largest absolute Gasteiger partial charge is 0.325 e. The highest BCUT2D eigenvalue weighted by Crippen LogP contribution is 2.17. The van der Waals surface area contributed by atoms with Crippen molar-refractivity contribution in [3.05, 3.63) is 59.9 Å². The third-order valence-corrected chi connectivity index (χ3v) is 4.31. The van der Waals surface area contributed by atoms with Crippen LogP contribution in [-0.4, -0.2) is 13.4 Å². The van der Waals surface area contributed by atoms with Gasteiger partial charge in [-0.2, -0.15) is 0 Å². The van der Waals surface area contributed by atoms with Crippen LogP contribution in [0.4, 0.5) is 0 Å². The second-order valence-corrected chi connectivity index (χ2v) is 5.88. The second kappa shape index (κ2) is 5.29. The number of hydrogen-bond acceptors (Lipinski definition) is 4. The Morgan fingerprint density at radius 1 is 1.06 bits per heavy atom. The topological polar surface area (TPSA) is 73.0 Å². The monoisotopic (exact) mass is 262 g/mol. The van der Waals surface area contributed by atoms with E-state index in [0.29, 0.717) is 16.2 Å². The highest BCUT2D eigenvalue weighted by molar-refractivity contribution is 7.90. The first-order chi connectivity index (χ1) is 8.63. The maximum atomic E-state index is 12.2. The lowest BCUT2D eigenvalue weighted by molar-refractivity contribution is 0.595. The summed E-state index contributed by atoms with van der Waals surface area (Å²) in [7, 11) is -3.34. The smallest absolute Gasteiger partial charge is 0.182 e. The number of nitrogens with zero attached hydrogens (tertiary/aromatic N) is 1. The summed E-state index contributed by atoms with van der Waals surface area (Å²) in [6.07, 6.45) is 1.61. The molecule has 0 atom stereocenters. The Labute approximate surface area is 106 Å². The Morgan fingerprint density at radius 2 is 1.78 bits per heavy atom. The Balaban J connectivity index is 2.34. The summed E-state index contributed by atoms with van der Waals surface area (Å²) in [6.45, 7) is 0.237. The molecule has 94 valence electrons. The summed E-state index contributed by atoms with van der Waals surface area (Å²) in [5, 5.41) is 0. The van der Waals surface area contributed by atoms with E-state index >= 15 is 0 Å². The van der Waals surface area contributed by atoms with Crippen LogP contribution in [0.25, 0.3) is 0 Å². The van der Waals surface area contributed by atoms with E-state index in [4.69, 9.17) is 5.73 Å². The van der Waals surface area contributed by atoms with E-state index in [1.165, 1.54) is 0 Å². The van der Waals surface area contributed by atoms with Crippen LogP contribution in [0.5, 0.6) is 0 Å². The van der Waals surface area contributed by atoms with Crippen molar-refractivity contribution < 1.29 is 8.42 Å². The van der Waals surface area contributed by atoms with Gasteiger partial charge in [-0.05, 0) is 23.8 Å². The molecular formula is C13H14N2O2S. The zero-order chi connectivity index (χ0) is 13.0. The molecule has 1 heterocycles. The highest BCUT2D eigenvalue weighted by atomic mass is 32.2. The first kappa shape index (κ1) is 12.7. The number of aromatic nitrogens is 1. The molecule has 0 spiro atoms. The van der Waals surface area contributed by atoms with Crippen LogP contribution in [0.3, 0.4) is 0 Å². The molecule has 0 radical (unpaired) electrons. The fourth-order valence-corrected chi connectivity index (χ4v) is 3.11. The van der Waals surface area contributed by atoms with Crippen LogP contribution in [0.1, 0.15) is 11.3 Å². The molecule has 0 aliphatic rings. The van der Waals surface area contributed by atoms with Crippen LogP contribution in [0, 0.1) is 0 Å². The Kier molecular flexibility index (Phi) is 3.74. The van der Waals surface area contributed by atoms with Gasteiger partial charge in [-0.15, -0.1) is 0 Å². The molecule has 0 bridgehead atoms. The molecule has 2 N–H and O–H groups in total. The van der Waals surface area contributed by atoms with Gasteiger partial charge < -0.3 is 5.73 Å². The molecule has 1 aromatic carbocycles. The Bertz CT molecular complexity index is 624. The predicted molar refractivity (Wildman–Crippen MR) is 69.5 cm³/mol. The van der Waals surface area contributed by atoms with Gasteiger partial charge in [-0.1, -0.05) is 24.3 Å². The van der Waals surface area contributed by atoms with Gasteiger partial charge in [0.05, 0.1) is 16.3 Å². The maximum Gasteiger partial charge on any atom is 0.182 e. The Hall–Kier alpha value is -1.72. The molecule has 18 heavy (non-hydrogen) atoms. The van der Waals surface area contributed by atoms with Gasteiger partial charge in [-0.25, -0.2) is 8.42 Å². The number of hydrogen-bond donors (Lipinski definition) is 1. The Morgan fingerprint density at radius 3 is 2.44 bits per heavy atom. The summed E-state index contributed by atoms with van der Waals surface area (Å²) < 4.78 is 24.4. The quantitative estimate of drug-likeness (QED) is 0.906. The van der Waals surface area contributed by atoms with Crippen molar-refractivity contribution in [3.63, 3.8) is 0 Å². The first-order valence-electron chi connectivity index (χ1n) is 5.54. The third-order valence-electron chi connectivity index (χ3n) is 2.63. The van der Waals surface area contributed by atoms with Gasteiger partial charge in [0.1, 0.15) is 0 Å². The van der Waals surface area contributed by atoms with E-state index in [1.54, 1.807) is 48.7 Å². The van der Waals surface area contributed by atoms with E-state index in [1.807, 2.05) is 0 Å². The SMILES string of the molecule is NCc1ncccc1CS(=O)(=O)c1ccccc1. The van der Waals surface area contributed by atoms with Gasteiger partial charge in [0, 0.05) is 12.7 Å². The minimum absolute atomic E-state index is 0.0720. The van der Waals surface area contributed by atoms with Crippen molar-refractivity contribution in [2.45, 2.75) is 17.2 Å². The average molecular weight is 262 g/mol. The molecule has 0 unspecified atom stereocenters. The fraction of sp³-hybridized carbons (Fsp3) is 0.154. The lowest BCUT2D eigenvalue weighted by Crippen LogP contribution is -2.10. The van der Waals surface area contributed by atoms with Gasteiger partial charge in [-0.3, -0.25) is 4.98 Å². The summed E-state index contributed by atoms with van der Waals surface area (Å²) in [4.78, 5) is 4.40. The number of sulfone groups is 1. The second-order valence-electron chi connectivity index (χ2n) is 3.89. The van der Waals surface area contributed by atoms with Gasteiger partial charge in [0.15, 0.2) is 9.84 Å². The summed E-state index contributed by atoms with van der Waals surface area (Å²) in [5.41, 5.74) is 6.83. The van der Waals surface area contributed by atoms with Gasteiger partial charge in [0.2, 0.25) is 0 Å². The number of nitrogens with two attached hydrogens (primary N) is 1. The molecule has 2 rings (SSSR count). The zero-order valence-electron chi connectivity index (χ0n) is 9.78. The fourth-order valence-electron chi connectivity index (χ4n) is 1.70. The van der Waals surface area contributed by atoms with E-state index in [-0.39, 0.29) is 12.3 Å². The molecule has 0 saturated carbocycles. The van der Waals surface area contributed by atoms with Crippen LogP contribution in [-0.2, 0) is 22.1 Å². The molecule has 0 saturated heterocycles. The van der Waals surface area contributed by atoms with Crippen LogP contribution in [0.2, 0.25) is 0 Å². The van der Waals surface area contributed by atoms with Crippen molar-refractivity contribution >= 4 is 9.84 Å². The highest BCUT2D eigenvalue weighted by Gasteiger charge is 2.16. The maximum absolute atomic E-state index is 12.2. The number of rotatable bonds is 4. The van der Waals surface area contributed by atoms with Crippen LogP contribution < -0.4 is 5.73 Å². The van der Waals surface area contributed by atoms with E-state index in [2.05, 4.69) is 4.98 Å². The van der Waals surface area contributed by atoms with E-state index < -0.39 is 9.84 Å². The van der Waals surface area contributed by atoms with E-state index in [9.17, 15) is 8.42 Å². The molecule has 0 amide bonds. The molecule has 4 nitrogen and oxygen atoms in total. The number of pyridine rings is 1. The minimum Gasteiger partial charge on any atom is -0.325 e.